The van der Waals surface area contributed by atoms with Crippen LogP contribution in [0.2, 0.25) is 5.02 Å². The van der Waals surface area contributed by atoms with E-state index in [1.54, 1.807) is 38.1 Å². The Morgan fingerprint density at radius 1 is 1.26 bits per heavy atom. The van der Waals surface area contributed by atoms with Crippen molar-refractivity contribution in [2.75, 3.05) is 6.61 Å². The molecule has 0 unspecified atom stereocenters. The van der Waals surface area contributed by atoms with Gasteiger partial charge in [-0.2, -0.15) is 4.99 Å². The lowest BCUT2D eigenvalue weighted by molar-refractivity contribution is -0.143. The maximum Gasteiger partial charge on any atom is 0.326 e. The van der Waals surface area contributed by atoms with Crippen LogP contribution in [-0.4, -0.2) is 36.6 Å². The minimum absolute atomic E-state index is 0.108. The summed E-state index contributed by atoms with van der Waals surface area (Å²) in [5.74, 6) is -0.979. The second-order valence-electron chi connectivity index (χ2n) is 7.31. The van der Waals surface area contributed by atoms with E-state index in [0.717, 1.165) is 11.3 Å². The van der Waals surface area contributed by atoms with E-state index in [-0.39, 0.29) is 39.9 Å². The fraction of sp³-hybridized carbons (Fsp3) is 0.182. The Labute approximate surface area is 208 Å². The summed E-state index contributed by atoms with van der Waals surface area (Å²) in [5, 5.41) is 9.62. The molecule has 0 aliphatic rings. The third-order valence-electron chi connectivity index (χ3n) is 4.98. The molecule has 0 atom stereocenters. The molecule has 0 radical (unpaired) electrons. The van der Waals surface area contributed by atoms with E-state index in [1.165, 1.54) is 22.8 Å². The molecule has 0 bridgehead atoms. The molecule has 2 aromatic carbocycles. The van der Waals surface area contributed by atoms with Gasteiger partial charge in [0.25, 0.3) is 5.91 Å². The number of ether oxygens (including phenoxy) is 1. The van der Waals surface area contributed by atoms with Crippen LogP contribution in [0.15, 0.2) is 56.9 Å². The Morgan fingerprint density at radius 2 is 2.00 bits per heavy atom. The zero-order chi connectivity index (χ0) is 25.3. The number of hydrogen-bond donors (Lipinski definition) is 1. The van der Waals surface area contributed by atoms with E-state index in [1.807, 2.05) is 0 Å². The van der Waals surface area contributed by atoms with Gasteiger partial charge in [-0.05, 0) is 38.1 Å². The van der Waals surface area contributed by atoms with Gasteiger partial charge in [-0.1, -0.05) is 46.3 Å². The number of nitrogens with two attached hydrogens (primary N) is 1. The molecular formula is C22H19ClN4O6S2. The molecule has 2 heterocycles. The summed E-state index contributed by atoms with van der Waals surface area (Å²) in [6.45, 7) is 3.18. The van der Waals surface area contributed by atoms with Gasteiger partial charge in [-0.25, -0.2) is 13.6 Å². The molecule has 182 valence electrons. The fourth-order valence-electron chi connectivity index (χ4n) is 3.41. The molecule has 0 saturated carbocycles. The summed E-state index contributed by atoms with van der Waals surface area (Å²) in [4.78, 5) is 29.8. The Hall–Kier alpha value is -3.32. The summed E-state index contributed by atoms with van der Waals surface area (Å²) in [7, 11) is -3.96. The number of aryl methyl sites for hydroxylation is 1. The molecule has 0 fully saturated rings. The molecule has 13 heteroatoms. The largest absolute Gasteiger partial charge is 0.465 e. The minimum atomic E-state index is -3.96. The third-order valence-corrected chi connectivity index (χ3v) is 7.26. The lowest BCUT2D eigenvalue weighted by Crippen LogP contribution is -2.23. The van der Waals surface area contributed by atoms with Crippen molar-refractivity contribution in [3.63, 3.8) is 0 Å². The van der Waals surface area contributed by atoms with E-state index in [0.29, 0.717) is 20.8 Å². The number of carbonyl (C=O) groups excluding carboxylic acids is 2. The molecule has 10 nitrogen and oxygen atoms in total. The van der Waals surface area contributed by atoms with Gasteiger partial charge in [-0.3, -0.25) is 9.59 Å². The highest BCUT2D eigenvalue weighted by molar-refractivity contribution is 7.89. The quantitative estimate of drug-likeness (QED) is 0.373. The Kier molecular flexibility index (Phi) is 6.90. The van der Waals surface area contributed by atoms with Gasteiger partial charge < -0.3 is 13.8 Å². The Bertz CT molecular complexity index is 1640. The number of thiazole rings is 1. The lowest BCUT2D eigenvalue weighted by Gasteiger charge is -2.06. The number of sulfonamides is 1. The molecule has 0 spiro atoms. The van der Waals surface area contributed by atoms with Crippen molar-refractivity contribution in [2.45, 2.75) is 25.3 Å². The molecule has 1 amide bonds. The average Bonchev–Trinajstić information content (AvgIpc) is 3.33. The standard InChI is InChI=1S/C22H19ClN4O6S2/c1-3-32-18(28)11-27-16-9-8-13(35(24,30)31)10-17(16)34-22(27)25-21(29)19-12(2)33-26-20(19)14-6-4-5-7-15(14)23/h4-10H,3,11H2,1-2H3,(H2,24,30,31). The van der Waals surface area contributed by atoms with Gasteiger partial charge in [0.15, 0.2) is 4.80 Å². The fourth-order valence-corrected chi connectivity index (χ4v) is 5.31. The van der Waals surface area contributed by atoms with Crippen molar-refractivity contribution in [1.29, 1.82) is 0 Å². The molecule has 35 heavy (non-hydrogen) atoms. The van der Waals surface area contributed by atoms with Crippen molar-refractivity contribution in [1.82, 2.24) is 9.72 Å². The zero-order valence-electron chi connectivity index (χ0n) is 18.5. The third kappa shape index (κ3) is 5.05. The van der Waals surface area contributed by atoms with Gasteiger partial charge in [0.2, 0.25) is 10.0 Å². The molecule has 2 aromatic heterocycles. The number of carbonyl (C=O) groups is 2. The molecule has 0 saturated heterocycles. The van der Waals surface area contributed by atoms with Gasteiger partial charge in [0.05, 0.1) is 26.7 Å². The van der Waals surface area contributed by atoms with Gasteiger partial charge >= 0.3 is 5.97 Å². The second-order valence-corrected chi connectivity index (χ2v) is 10.3. The van der Waals surface area contributed by atoms with Crippen LogP contribution in [0.1, 0.15) is 23.0 Å². The van der Waals surface area contributed by atoms with E-state index >= 15 is 0 Å². The number of halogens is 1. The average molecular weight is 535 g/mol. The van der Waals surface area contributed by atoms with Crippen molar-refractivity contribution in [3.8, 4) is 11.3 Å². The number of primary sulfonamides is 1. The van der Waals surface area contributed by atoms with E-state index in [4.69, 9.17) is 26.0 Å². The number of benzene rings is 2. The molecule has 4 rings (SSSR count). The second kappa shape index (κ2) is 9.74. The normalized spacial score (nSPS) is 12.3. The van der Waals surface area contributed by atoms with E-state index in [2.05, 4.69) is 10.1 Å². The smallest absolute Gasteiger partial charge is 0.326 e. The first-order chi connectivity index (χ1) is 16.6. The monoisotopic (exact) mass is 534 g/mol. The van der Waals surface area contributed by atoms with Crippen LogP contribution in [0.3, 0.4) is 0 Å². The molecule has 0 aliphatic heterocycles. The van der Waals surface area contributed by atoms with Crippen LogP contribution in [0.4, 0.5) is 0 Å². The van der Waals surface area contributed by atoms with E-state index in [9.17, 15) is 18.0 Å². The highest BCUT2D eigenvalue weighted by Crippen LogP contribution is 2.31. The molecule has 0 aliphatic carbocycles. The number of aromatic nitrogens is 2. The number of esters is 1. The van der Waals surface area contributed by atoms with Gasteiger partial charge in [0.1, 0.15) is 23.6 Å². The summed E-state index contributed by atoms with van der Waals surface area (Å²) in [6, 6.07) is 11.0. The maximum absolute atomic E-state index is 13.3. The van der Waals surface area contributed by atoms with Crippen molar-refractivity contribution in [3.05, 3.63) is 63.6 Å². The van der Waals surface area contributed by atoms with Crippen molar-refractivity contribution < 1.29 is 27.3 Å². The highest BCUT2D eigenvalue weighted by Gasteiger charge is 2.24. The lowest BCUT2D eigenvalue weighted by atomic mass is 10.1. The first-order valence-electron chi connectivity index (χ1n) is 10.2. The van der Waals surface area contributed by atoms with Gasteiger partial charge in [0, 0.05) is 5.56 Å². The van der Waals surface area contributed by atoms with Crippen LogP contribution in [0.25, 0.3) is 21.5 Å². The number of amides is 1. The SMILES string of the molecule is CCOC(=O)Cn1c(=NC(=O)c2c(-c3ccccc3Cl)noc2C)sc2cc(S(N)(=O)=O)ccc21. The summed E-state index contributed by atoms with van der Waals surface area (Å²) >= 11 is 7.31. The van der Waals surface area contributed by atoms with Crippen LogP contribution in [0, 0.1) is 6.92 Å². The first-order valence-corrected chi connectivity index (χ1v) is 13.0. The van der Waals surface area contributed by atoms with Crippen LogP contribution >= 0.6 is 22.9 Å². The predicted molar refractivity (Wildman–Crippen MR) is 129 cm³/mol. The highest BCUT2D eigenvalue weighted by atomic mass is 35.5. The maximum atomic E-state index is 13.3. The summed E-state index contributed by atoms with van der Waals surface area (Å²) < 4.78 is 35.8. The predicted octanol–water partition coefficient (Wildman–Crippen LogP) is 3.27. The molecule has 4 aromatic rings. The molecule has 2 N–H and O–H groups in total. The zero-order valence-corrected chi connectivity index (χ0v) is 20.9. The number of fused-ring (bicyclic) bond motifs is 1. The number of nitrogens with zero attached hydrogens (tertiary/aromatic N) is 3. The first kappa shape index (κ1) is 24.8. The van der Waals surface area contributed by atoms with Crippen LogP contribution < -0.4 is 9.94 Å². The summed E-state index contributed by atoms with van der Waals surface area (Å²) in [6.07, 6.45) is 0. The Morgan fingerprint density at radius 3 is 2.69 bits per heavy atom. The number of hydrogen-bond acceptors (Lipinski definition) is 8. The van der Waals surface area contributed by atoms with E-state index < -0.39 is 21.9 Å². The van der Waals surface area contributed by atoms with Crippen molar-refractivity contribution in [2.24, 2.45) is 10.1 Å². The number of rotatable bonds is 6. The minimum Gasteiger partial charge on any atom is -0.465 e. The Balaban J connectivity index is 1.89. The topological polar surface area (TPSA) is 147 Å². The molecular weight excluding hydrogens is 516 g/mol. The van der Waals surface area contributed by atoms with Gasteiger partial charge in [-0.15, -0.1) is 0 Å². The van der Waals surface area contributed by atoms with Crippen molar-refractivity contribution >= 4 is 55.1 Å². The van der Waals surface area contributed by atoms with Crippen LogP contribution in [0.5, 0.6) is 0 Å². The summed E-state index contributed by atoms with van der Waals surface area (Å²) in [5.41, 5.74) is 1.33. The van der Waals surface area contributed by atoms with Crippen LogP contribution in [-0.2, 0) is 26.1 Å².